The summed E-state index contributed by atoms with van der Waals surface area (Å²) in [6.07, 6.45) is 0.724. The number of carbonyl (C=O) groups is 1. The van der Waals surface area contributed by atoms with E-state index in [9.17, 15) is 14.0 Å². The Kier molecular flexibility index (Phi) is 4.96. The SMILES string of the molecule is O=C(O)N1CC2C(C1)C2Nc1ncc2cc(-c3ccccc3Cl)c(=O)n(-c3ccc(F)cc3)c2n1. The molecule has 2 unspecified atom stereocenters. The van der Waals surface area contributed by atoms with Gasteiger partial charge in [0.1, 0.15) is 5.82 Å². The molecule has 1 aliphatic heterocycles. The zero-order valence-electron chi connectivity index (χ0n) is 18.2. The Labute approximate surface area is 203 Å². The molecule has 2 atom stereocenters. The molecule has 1 amide bonds. The van der Waals surface area contributed by atoms with Gasteiger partial charge < -0.3 is 15.3 Å². The normalized spacial score (nSPS) is 20.6. The van der Waals surface area contributed by atoms with Crippen LogP contribution in [0.2, 0.25) is 5.02 Å². The van der Waals surface area contributed by atoms with E-state index >= 15 is 0 Å². The predicted molar refractivity (Wildman–Crippen MR) is 130 cm³/mol. The maximum atomic E-state index is 13.7. The van der Waals surface area contributed by atoms with Gasteiger partial charge in [0.25, 0.3) is 5.56 Å². The number of fused-ring (bicyclic) bond motifs is 2. The molecule has 6 rings (SSSR count). The molecule has 176 valence electrons. The summed E-state index contributed by atoms with van der Waals surface area (Å²) in [4.78, 5) is 35.4. The molecule has 1 saturated heterocycles. The Balaban J connectivity index is 1.44. The van der Waals surface area contributed by atoms with Crippen LogP contribution in [0.5, 0.6) is 0 Å². The second-order valence-corrected chi connectivity index (χ2v) is 9.22. The minimum atomic E-state index is -0.907. The lowest BCUT2D eigenvalue weighted by atomic mass is 10.1. The van der Waals surface area contributed by atoms with Crippen molar-refractivity contribution in [2.75, 3.05) is 18.4 Å². The number of likely N-dealkylation sites (tertiary alicyclic amines) is 1. The highest BCUT2D eigenvalue weighted by Crippen LogP contribution is 2.47. The fourth-order valence-electron chi connectivity index (χ4n) is 4.91. The van der Waals surface area contributed by atoms with Crippen LogP contribution in [0.1, 0.15) is 0 Å². The van der Waals surface area contributed by atoms with Crippen molar-refractivity contribution < 1.29 is 14.3 Å². The zero-order chi connectivity index (χ0) is 24.3. The van der Waals surface area contributed by atoms with Crippen molar-refractivity contribution in [3.8, 4) is 16.8 Å². The molecule has 8 nitrogen and oxygen atoms in total. The Morgan fingerprint density at radius 1 is 1.09 bits per heavy atom. The first-order chi connectivity index (χ1) is 16.9. The molecule has 2 fully saturated rings. The van der Waals surface area contributed by atoms with Crippen LogP contribution in [-0.2, 0) is 0 Å². The summed E-state index contributed by atoms with van der Waals surface area (Å²) in [5.41, 5.74) is 1.44. The smallest absolute Gasteiger partial charge is 0.407 e. The van der Waals surface area contributed by atoms with Crippen LogP contribution in [0, 0.1) is 17.7 Å². The predicted octanol–water partition coefficient (Wildman–Crippen LogP) is 4.26. The third-order valence-corrected chi connectivity index (χ3v) is 7.08. The number of nitrogens with zero attached hydrogens (tertiary/aromatic N) is 4. The van der Waals surface area contributed by atoms with Crippen molar-refractivity contribution in [2.45, 2.75) is 6.04 Å². The number of carboxylic acid groups (broad SMARTS) is 1. The summed E-state index contributed by atoms with van der Waals surface area (Å²) >= 11 is 6.39. The summed E-state index contributed by atoms with van der Waals surface area (Å²) < 4.78 is 15.1. The fourth-order valence-corrected chi connectivity index (χ4v) is 5.15. The number of benzene rings is 2. The average molecular weight is 492 g/mol. The van der Waals surface area contributed by atoms with Crippen molar-refractivity contribution in [3.63, 3.8) is 0 Å². The van der Waals surface area contributed by atoms with Gasteiger partial charge in [0.15, 0.2) is 5.65 Å². The molecular formula is C25H19ClFN5O3. The van der Waals surface area contributed by atoms with Crippen LogP contribution in [0.4, 0.5) is 15.1 Å². The van der Waals surface area contributed by atoms with Gasteiger partial charge in [-0.2, -0.15) is 4.98 Å². The molecule has 2 aromatic carbocycles. The number of hydrogen-bond donors (Lipinski definition) is 2. The maximum Gasteiger partial charge on any atom is 0.407 e. The van der Waals surface area contributed by atoms with Gasteiger partial charge in [-0.1, -0.05) is 29.8 Å². The lowest BCUT2D eigenvalue weighted by Gasteiger charge is -2.17. The molecule has 2 aliphatic rings. The first-order valence-electron chi connectivity index (χ1n) is 11.1. The number of anilines is 1. The summed E-state index contributed by atoms with van der Waals surface area (Å²) in [5, 5.41) is 13.5. The fraction of sp³-hybridized carbons (Fsp3) is 0.200. The van der Waals surface area contributed by atoms with E-state index in [-0.39, 0.29) is 23.4 Å². The van der Waals surface area contributed by atoms with Gasteiger partial charge in [-0.25, -0.2) is 14.2 Å². The Morgan fingerprint density at radius 3 is 2.49 bits per heavy atom. The van der Waals surface area contributed by atoms with Gasteiger partial charge in [-0.05, 0) is 36.4 Å². The van der Waals surface area contributed by atoms with Crippen LogP contribution >= 0.6 is 11.6 Å². The third kappa shape index (κ3) is 3.68. The molecule has 3 heterocycles. The molecule has 0 radical (unpaired) electrons. The molecule has 2 aromatic heterocycles. The van der Waals surface area contributed by atoms with Gasteiger partial charge in [-0.15, -0.1) is 0 Å². The highest BCUT2D eigenvalue weighted by atomic mass is 35.5. The van der Waals surface area contributed by atoms with E-state index in [1.165, 1.54) is 33.7 Å². The number of amides is 1. The lowest BCUT2D eigenvalue weighted by Crippen LogP contribution is -2.32. The van der Waals surface area contributed by atoms with E-state index in [1.807, 2.05) is 0 Å². The van der Waals surface area contributed by atoms with E-state index in [2.05, 4.69) is 15.3 Å². The van der Waals surface area contributed by atoms with Crippen LogP contribution in [0.15, 0.2) is 65.6 Å². The lowest BCUT2D eigenvalue weighted by molar-refractivity contribution is 0.150. The Hall–Kier alpha value is -3.98. The summed E-state index contributed by atoms with van der Waals surface area (Å²) in [6, 6.07) is 14.5. The van der Waals surface area contributed by atoms with Crippen molar-refractivity contribution >= 4 is 34.7 Å². The highest BCUT2D eigenvalue weighted by molar-refractivity contribution is 6.33. The maximum absolute atomic E-state index is 13.7. The van der Waals surface area contributed by atoms with Crippen LogP contribution in [0.3, 0.4) is 0 Å². The minimum Gasteiger partial charge on any atom is -0.465 e. The molecule has 0 spiro atoms. The third-order valence-electron chi connectivity index (χ3n) is 6.75. The molecular weight excluding hydrogens is 473 g/mol. The van der Waals surface area contributed by atoms with Crippen molar-refractivity contribution in [3.05, 3.63) is 82.0 Å². The van der Waals surface area contributed by atoms with Gasteiger partial charge in [0.05, 0.1) is 5.69 Å². The number of piperidine rings is 1. The monoisotopic (exact) mass is 491 g/mol. The van der Waals surface area contributed by atoms with Gasteiger partial charge in [0.2, 0.25) is 5.95 Å². The second kappa shape index (κ2) is 8.06. The summed E-state index contributed by atoms with van der Waals surface area (Å²) in [5.74, 6) is 0.361. The molecule has 2 N–H and O–H groups in total. The van der Waals surface area contributed by atoms with Crippen molar-refractivity contribution in [2.24, 2.45) is 11.8 Å². The molecule has 1 aliphatic carbocycles. The van der Waals surface area contributed by atoms with Gasteiger partial charge >= 0.3 is 6.09 Å². The van der Waals surface area contributed by atoms with E-state index in [0.717, 1.165) is 0 Å². The number of aromatic nitrogens is 3. The number of halogens is 2. The highest BCUT2D eigenvalue weighted by Gasteiger charge is 2.57. The zero-order valence-corrected chi connectivity index (χ0v) is 19.0. The van der Waals surface area contributed by atoms with Crippen molar-refractivity contribution in [1.82, 2.24) is 19.4 Å². The minimum absolute atomic E-state index is 0.0800. The van der Waals surface area contributed by atoms with Gasteiger partial charge in [-0.3, -0.25) is 9.36 Å². The number of pyridine rings is 1. The molecule has 1 saturated carbocycles. The standard InChI is InChI=1S/C25H19ClFN5O3/c26-20-4-2-1-3-16(20)17-9-13-10-28-24(29-21-18-11-31(25(34)35)12-19(18)21)30-22(13)32(23(17)33)15-7-5-14(27)6-8-15/h1-10,18-19,21H,11-12H2,(H,34,35)(H,28,29,30). The number of nitrogens with one attached hydrogen (secondary N) is 1. The van der Waals surface area contributed by atoms with Crippen molar-refractivity contribution in [1.29, 1.82) is 0 Å². The van der Waals surface area contributed by atoms with Crippen LogP contribution in [0.25, 0.3) is 27.8 Å². The molecule has 0 bridgehead atoms. The molecule has 10 heteroatoms. The second-order valence-electron chi connectivity index (χ2n) is 8.81. The Morgan fingerprint density at radius 2 is 1.80 bits per heavy atom. The first kappa shape index (κ1) is 21.5. The quantitative estimate of drug-likeness (QED) is 0.442. The van der Waals surface area contributed by atoms with Crippen LogP contribution in [-0.4, -0.2) is 49.8 Å². The largest absolute Gasteiger partial charge is 0.465 e. The van der Waals surface area contributed by atoms with E-state index in [4.69, 9.17) is 16.7 Å². The molecule has 4 aromatic rings. The van der Waals surface area contributed by atoms with Crippen LogP contribution < -0.4 is 10.9 Å². The van der Waals surface area contributed by atoms with E-state index in [0.29, 0.717) is 51.9 Å². The Bertz CT molecular complexity index is 1530. The summed E-state index contributed by atoms with van der Waals surface area (Å²) in [7, 11) is 0. The number of rotatable bonds is 4. The topological polar surface area (TPSA) is 100 Å². The average Bonchev–Trinajstić information content (AvgIpc) is 3.26. The van der Waals surface area contributed by atoms with E-state index in [1.54, 1.807) is 36.5 Å². The van der Waals surface area contributed by atoms with Gasteiger partial charge in [0, 0.05) is 58.7 Å². The summed E-state index contributed by atoms with van der Waals surface area (Å²) in [6.45, 7) is 0.958. The molecule has 35 heavy (non-hydrogen) atoms. The first-order valence-corrected chi connectivity index (χ1v) is 11.5. The number of hydrogen-bond acceptors (Lipinski definition) is 5. The van der Waals surface area contributed by atoms with E-state index < -0.39 is 11.9 Å².